The quantitative estimate of drug-likeness (QED) is 0.0315. The van der Waals surface area contributed by atoms with E-state index >= 15 is 0 Å². The number of hydrogen-bond acceptors (Lipinski definition) is 4. The third kappa shape index (κ3) is 57.0. The maximum atomic E-state index is 9.76. The SMILES string of the molecule is CCCCCCCCCCCCCCCC[N+](CCO)(CCO)CCCCCCCCCCCCCCCC.CCCCCCCCCCCCCCCC[NH+](CCO)CCO.[Br-].[Br-]. The molecule has 0 atom stereocenters. The average Bonchev–Trinajstić information content (AvgIpc) is 3.27. The van der Waals surface area contributed by atoms with Gasteiger partial charge in [0.15, 0.2) is 0 Å². The Morgan fingerprint density at radius 3 is 0.641 bits per heavy atom. The minimum atomic E-state index is 0. The summed E-state index contributed by atoms with van der Waals surface area (Å²) >= 11 is 0. The zero-order chi connectivity index (χ0) is 45.6. The molecule has 6 nitrogen and oxygen atoms in total. The van der Waals surface area contributed by atoms with Gasteiger partial charge in [0.2, 0.25) is 0 Å². The molecule has 0 aliphatic carbocycles. The van der Waals surface area contributed by atoms with Crippen molar-refractivity contribution < 1.29 is 63.8 Å². The van der Waals surface area contributed by atoms with E-state index < -0.39 is 0 Å². The highest BCUT2D eigenvalue weighted by molar-refractivity contribution is 4.55. The Kier molecular flexibility index (Phi) is 71.0. The first-order valence-electron chi connectivity index (χ1n) is 28.7. The Hall–Kier alpha value is 0.720. The Bertz CT molecular complexity index is 737. The lowest BCUT2D eigenvalue weighted by molar-refractivity contribution is -0.929. The average molecular weight is 1050 g/mol. The van der Waals surface area contributed by atoms with Gasteiger partial charge in [0.05, 0.1) is 46.1 Å². The van der Waals surface area contributed by atoms with Crippen LogP contribution < -0.4 is 38.9 Å². The fourth-order valence-electron chi connectivity index (χ4n) is 9.64. The lowest BCUT2D eigenvalue weighted by atomic mass is 10.0. The molecular formula is C56H120Br2N2O4. The van der Waals surface area contributed by atoms with E-state index in [2.05, 4.69) is 20.8 Å². The summed E-state index contributed by atoms with van der Waals surface area (Å²) in [5.74, 6) is 0. The van der Waals surface area contributed by atoms with Gasteiger partial charge in [-0.15, -0.1) is 0 Å². The summed E-state index contributed by atoms with van der Waals surface area (Å²) in [6.45, 7) is 14.4. The lowest BCUT2D eigenvalue weighted by Crippen LogP contribution is -3.13. The van der Waals surface area contributed by atoms with Crippen molar-refractivity contribution in [1.82, 2.24) is 0 Å². The highest BCUT2D eigenvalue weighted by Crippen LogP contribution is 2.18. The Morgan fingerprint density at radius 2 is 0.438 bits per heavy atom. The fourth-order valence-corrected chi connectivity index (χ4v) is 9.64. The van der Waals surface area contributed by atoms with Crippen LogP contribution in [-0.2, 0) is 0 Å². The molecule has 0 saturated heterocycles. The van der Waals surface area contributed by atoms with Crippen LogP contribution in [0.25, 0.3) is 0 Å². The number of rotatable bonds is 53. The largest absolute Gasteiger partial charge is 1.00 e. The summed E-state index contributed by atoms with van der Waals surface area (Å²) in [4.78, 5) is 1.34. The van der Waals surface area contributed by atoms with Crippen LogP contribution in [0, 0.1) is 0 Å². The fraction of sp³-hybridized carbons (Fsp3) is 1.00. The van der Waals surface area contributed by atoms with E-state index in [9.17, 15) is 10.2 Å². The topological polar surface area (TPSA) is 85.4 Å². The van der Waals surface area contributed by atoms with Crippen molar-refractivity contribution in [1.29, 1.82) is 0 Å². The predicted molar refractivity (Wildman–Crippen MR) is 275 cm³/mol. The van der Waals surface area contributed by atoms with E-state index in [4.69, 9.17) is 10.2 Å². The third-order valence-corrected chi connectivity index (χ3v) is 13.9. The number of quaternary nitrogens is 2. The number of halogens is 2. The molecule has 0 fully saturated rings. The van der Waals surface area contributed by atoms with Crippen LogP contribution in [0.5, 0.6) is 0 Å². The van der Waals surface area contributed by atoms with E-state index in [1.807, 2.05) is 0 Å². The van der Waals surface area contributed by atoms with Crippen LogP contribution in [0.1, 0.15) is 290 Å². The van der Waals surface area contributed by atoms with E-state index in [1.54, 1.807) is 0 Å². The molecule has 0 saturated carbocycles. The Labute approximate surface area is 424 Å². The summed E-state index contributed by atoms with van der Waals surface area (Å²) in [6.07, 6.45) is 58.5. The second-order valence-corrected chi connectivity index (χ2v) is 19.9. The molecule has 0 bridgehead atoms. The number of nitrogens with zero attached hydrogens (tertiary/aromatic N) is 1. The number of hydrogen-bond donors (Lipinski definition) is 5. The van der Waals surface area contributed by atoms with Gasteiger partial charge >= 0.3 is 0 Å². The second kappa shape index (κ2) is 63.7. The van der Waals surface area contributed by atoms with E-state index in [1.165, 1.54) is 275 Å². The molecule has 8 heteroatoms. The Balaban J connectivity index is -0.000000617. The van der Waals surface area contributed by atoms with E-state index in [0.717, 1.165) is 50.3 Å². The smallest absolute Gasteiger partial charge is 0.102 e. The van der Waals surface area contributed by atoms with Gasteiger partial charge in [0, 0.05) is 0 Å². The molecule has 0 aliphatic heterocycles. The molecule has 0 aromatic heterocycles. The summed E-state index contributed by atoms with van der Waals surface area (Å²) in [6, 6.07) is 0. The van der Waals surface area contributed by atoms with Crippen LogP contribution in [0.4, 0.5) is 0 Å². The highest BCUT2D eigenvalue weighted by atomic mass is 79.9. The van der Waals surface area contributed by atoms with Crippen LogP contribution in [0.15, 0.2) is 0 Å². The van der Waals surface area contributed by atoms with E-state index in [-0.39, 0.29) is 60.4 Å². The van der Waals surface area contributed by atoms with Crippen LogP contribution >= 0.6 is 0 Å². The van der Waals surface area contributed by atoms with Crippen molar-refractivity contribution in [2.24, 2.45) is 0 Å². The molecule has 0 unspecified atom stereocenters. The number of aliphatic hydroxyl groups is 4. The Morgan fingerprint density at radius 1 is 0.234 bits per heavy atom. The van der Waals surface area contributed by atoms with Gasteiger partial charge in [-0.1, -0.05) is 252 Å². The first-order chi connectivity index (χ1) is 30.6. The van der Waals surface area contributed by atoms with E-state index in [0.29, 0.717) is 0 Å². The second-order valence-electron chi connectivity index (χ2n) is 19.9. The van der Waals surface area contributed by atoms with Gasteiger partial charge in [-0.25, -0.2) is 0 Å². The van der Waals surface area contributed by atoms with Gasteiger partial charge in [0.25, 0.3) is 0 Å². The van der Waals surface area contributed by atoms with Crippen molar-refractivity contribution in [3.8, 4) is 0 Å². The highest BCUT2D eigenvalue weighted by Gasteiger charge is 2.25. The van der Waals surface area contributed by atoms with Crippen LogP contribution in [0.3, 0.4) is 0 Å². The minimum Gasteiger partial charge on any atom is -1.00 e. The first-order valence-corrected chi connectivity index (χ1v) is 28.7. The summed E-state index contributed by atoms with van der Waals surface area (Å²) in [5, 5.41) is 37.5. The van der Waals surface area contributed by atoms with Crippen molar-refractivity contribution in [3.63, 3.8) is 0 Å². The molecule has 0 aromatic carbocycles. The molecule has 392 valence electrons. The zero-order valence-electron chi connectivity index (χ0n) is 44.0. The summed E-state index contributed by atoms with van der Waals surface area (Å²) in [7, 11) is 0. The summed E-state index contributed by atoms with van der Waals surface area (Å²) < 4.78 is 0.934. The first kappa shape index (κ1) is 71.3. The molecule has 0 radical (unpaired) electrons. The monoisotopic (exact) mass is 1040 g/mol. The molecule has 0 aromatic rings. The van der Waals surface area contributed by atoms with Gasteiger partial charge in [-0.2, -0.15) is 0 Å². The molecule has 0 heterocycles. The standard InChI is InChI=1S/C36H76NO2.C20H43NO2.2BrH/c1-3-5-7-9-11-13-15-17-19-21-23-25-27-29-31-37(33-35-38,34-36-39)32-30-28-26-24-22-20-18-16-14-12-10-8-6-4-2;1-2-3-4-5-6-7-8-9-10-11-12-13-14-15-16-21(17-19-22)18-20-23;;/h38-39H,3-36H2,1-2H3;22-23H,2-20H2,1H3;2*1H/q+1;;;/p-1. The van der Waals surface area contributed by atoms with Crippen molar-refractivity contribution in [2.75, 3.05) is 72.2 Å². The summed E-state index contributed by atoms with van der Waals surface area (Å²) in [5.41, 5.74) is 0. The molecule has 0 amide bonds. The van der Waals surface area contributed by atoms with Gasteiger partial charge in [-0.3, -0.25) is 0 Å². The van der Waals surface area contributed by atoms with Crippen LogP contribution in [0.2, 0.25) is 0 Å². The van der Waals surface area contributed by atoms with Crippen LogP contribution in [-0.4, -0.2) is 97.1 Å². The maximum absolute atomic E-state index is 9.76. The van der Waals surface area contributed by atoms with Gasteiger partial charge < -0.3 is 63.8 Å². The molecule has 5 N–H and O–H groups in total. The van der Waals surface area contributed by atoms with Crippen molar-refractivity contribution in [2.45, 2.75) is 290 Å². The van der Waals surface area contributed by atoms with Gasteiger partial charge in [-0.05, 0) is 38.5 Å². The lowest BCUT2D eigenvalue weighted by Gasteiger charge is -2.38. The molecular weight excluding hydrogens is 924 g/mol. The minimum absolute atomic E-state index is 0. The number of aliphatic hydroxyl groups excluding tert-OH is 4. The normalized spacial score (nSPS) is 11.4. The number of nitrogens with one attached hydrogen (secondary N) is 1. The zero-order valence-corrected chi connectivity index (χ0v) is 47.1. The maximum Gasteiger partial charge on any atom is 0.102 e. The predicted octanol–water partition coefficient (Wildman–Crippen LogP) is 8.10. The molecule has 0 spiro atoms. The number of unbranched alkanes of at least 4 members (excludes halogenated alkanes) is 39. The molecule has 64 heavy (non-hydrogen) atoms. The molecule has 0 aliphatic rings. The van der Waals surface area contributed by atoms with Crippen molar-refractivity contribution in [3.05, 3.63) is 0 Å². The third-order valence-electron chi connectivity index (χ3n) is 13.9. The molecule has 0 rings (SSSR count). The van der Waals surface area contributed by atoms with Crippen molar-refractivity contribution >= 4 is 0 Å². The van der Waals surface area contributed by atoms with Gasteiger partial charge in [0.1, 0.15) is 26.2 Å².